The lowest BCUT2D eigenvalue weighted by Crippen LogP contribution is -2.35. The van der Waals surface area contributed by atoms with Crippen LogP contribution in [0, 0.1) is 0 Å². The third kappa shape index (κ3) is 4.71. The molecule has 0 atom stereocenters. The highest BCUT2D eigenvalue weighted by molar-refractivity contribution is 5.91. The minimum atomic E-state index is -0.744. The van der Waals surface area contributed by atoms with Crippen LogP contribution in [0.1, 0.15) is 57.7 Å². The average Bonchev–Trinajstić information content (AvgIpc) is 2.85. The van der Waals surface area contributed by atoms with Crippen molar-refractivity contribution in [2.75, 3.05) is 11.4 Å². The Hall–Kier alpha value is -1.59. The minimum Gasteiger partial charge on any atom is -0.443 e. The van der Waals surface area contributed by atoms with E-state index in [0.717, 1.165) is 28.8 Å². The number of ether oxygens (including phenoxy) is 1. The molecule has 1 amide bonds. The van der Waals surface area contributed by atoms with Gasteiger partial charge in [-0.2, -0.15) is 0 Å². The number of fused-ring (bicyclic) bond motifs is 1. The number of anilines is 1. The van der Waals surface area contributed by atoms with E-state index in [4.69, 9.17) is 4.74 Å². The number of rotatable bonds is 4. The first kappa shape index (κ1) is 18.7. The van der Waals surface area contributed by atoms with Crippen LogP contribution in [0.4, 0.5) is 10.5 Å². The van der Waals surface area contributed by atoms with Crippen molar-refractivity contribution in [3.8, 4) is 0 Å². The maximum atomic E-state index is 12.5. The molecule has 1 aliphatic rings. The van der Waals surface area contributed by atoms with Crippen LogP contribution in [-0.4, -0.2) is 34.1 Å². The van der Waals surface area contributed by atoms with Crippen LogP contribution in [-0.2, 0) is 24.2 Å². The highest BCUT2D eigenvalue weighted by Crippen LogP contribution is 2.34. The molecule has 2 rings (SSSR count). The SMILES string of the molecule is CC(C)(O)CCc1cc(CO)cc2c1CCN2C(=O)OC(C)(C)C. The van der Waals surface area contributed by atoms with Gasteiger partial charge in [-0.15, -0.1) is 0 Å². The summed E-state index contributed by atoms with van der Waals surface area (Å²) in [4.78, 5) is 14.1. The van der Waals surface area contributed by atoms with E-state index in [2.05, 4.69) is 0 Å². The molecule has 0 bridgehead atoms. The molecule has 2 N–H and O–H groups in total. The lowest BCUT2D eigenvalue weighted by atomic mass is 9.93. The monoisotopic (exact) mass is 335 g/mol. The summed E-state index contributed by atoms with van der Waals surface area (Å²) in [5.74, 6) is 0. The maximum Gasteiger partial charge on any atom is 0.414 e. The van der Waals surface area contributed by atoms with Gasteiger partial charge in [-0.1, -0.05) is 6.07 Å². The number of nitrogens with zero attached hydrogens (tertiary/aromatic N) is 1. The van der Waals surface area contributed by atoms with Crippen LogP contribution in [0.2, 0.25) is 0 Å². The van der Waals surface area contributed by atoms with Gasteiger partial charge in [0.15, 0.2) is 0 Å². The second kappa shape index (κ2) is 6.73. The van der Waals surface area contributed by atoms with Gasteiger partial charge in [-0.25, -0.2) is 4.79 Å². The van der Waals surface area contributed by atoms with Crippen molar-refractivity contribution in [2.45, 2.75) is 71.7 Å². The van der Waals surface area contributed by atoms with E-state index >= 15 is 0 Å². The van der Waals surface area contributed by atoms with Gasteiger partial charge >= 0.3 is 6.09 Å². The zero-order valence-electron chi connectivity index (χ0n) is 15.3. The molecule has 0 unspecified atom stereocenters. The van der Waals surface area contributed by atoms with E-state index in [1.807, 2.05) is 32.9 Å². The number of benzene rings is 1. The Kier molecular flexibility index (Phi) is 5.25. The Morgan fingerprint density at radius 1 is 1.25 bits per heavy atom. The number of aliphatic hydroxyl groups is 2. The standard InChI is InChI=1S/C19H29NO4/c1-18(2,3)24-17(22)20-9-7-15-14(6-8-19(4,5)23)10-13(12-21)11-16(15)20/h10-11,21,23H,6-9,12H2,1-5H3. The lowest BCUT2D eigenvalue weighted by Gasteiger charge is -2.25. The summed E-state index contributed by atoms with van der Waals surface area (Å²) in [6.07, 6.45) is 1.74. The minimum absolute atomic E-state index is 0.0784. The fraction of sp³-hybridized carbons (Fsp3) is 0.632. The quantitative estimate of drug-likeness (QED) is 0.886. The Balaban J connectivity index is 2.31. The molecule has 0 fully saturated rings. The first-order valence-electron chi connectivity index (χ1n) is 8.48. The van der Waals surface area contributed by atoms with Gasteiger partial charge in [0, 0.05) is 6.54 Å². The Morgan fingerprint density at radius 3 is 2.46 bits per heavy atom. The number of aryl methyl sites for hydroxylation is 1. The maximum absolute atomic E-state index is 12.5. The van der Waals surface area contributed by atoms with Crippen molar-refractivity contribution < 1.29 is 19.7 Å². The normalized spacial score (nSPS) is 14.7. The fourth-order valence-electron chi connectivity index (χ4n) is 2.91. The summed E-state index contributed by atoms with van der Waals surface area (Å²) in [6, 6.07) is 3.84. The lowest BCUT2D eigenvalue weighted by molar-refractivity contribution is 0.0583. The number of carbonyl (C=O) groups excluding carboxylic acids is 1. The molecular formula is C19H29NO4. The van der Waals surface area contributed by atoms with Crippen LogP contribution in [0.5, 0.6) is 0 Å². The molecule has 1 heterocycles. The Morgan fingerprint density at radius 2 is 1.92 bits per heavy atom. The van der Waals surface area contributed by atoms with Crippen molar-refractivity contribution >= 4 is 11.8 Å². The summed E-state index contributed by atoms with van der Waals surface area (Å²) in [5, 5.41) is 19.5. The number of carbonyl (C=O) groups is 1. The van der Waals surface area contributed by atoms with Crippen molar-refractivity contribution in [1.29, 1.82) is 0 Å². The third-order valence-corrected chi connectivity index (χ3v) is 4.06. The zero-order chi connectivity index (χ0) is 18.1. The largest absolute Gasteiger partial charge is 0.443 e. The fourth-order valence-corrected chi connectivity index (χ4v) is 2.91. The van der Waals surface area contributed by atoms with E-state index in [9.17, 15) is 15.0 Å². The number of hydrogen-bond donors (Lipinski definition) is 2. The third-order valence-electron chi connectivity index (χ3n) is 4.06. The van der Waals surface area contributed by atoms with Gasteiger partial charge in [-0.05, 0) is 76.6 Å². The molecule has 0 saturated heterocycles. The second-order valence-corrected chi connectivity index (χ2v) is 8.11. The molecule has 0 saturated carbocycles. The van der Waals surface area contributed by atoms with E-state index in [1.54, 1.807) is 18.7 Å². The molecule has 1 aromatic carbocycles. The summed E-state index contributed by atoms with van der Waals surface area (Å²) >= 11 is 0. The molecule has 0 aliphatic carbocycles. The highest BCUT2D eigenvalue weighted by Gasteiger charge is 2.31. The molecule has 24 heavy (non-hydrogen) atoms. The van der Waals surface area contributed by atoms with Gasteiger partial charge in [0.25, 0.3) is 0 Å². The van der Waals surface area contributed by atoms with E-state index in [-0.39, 0.29) is 12.7 Å². The van der Waals surface area contributed by atoms with Crippen molar-refractivity contribution in [3.05, 3.63) is 28.8 Å². The predicted molar refractivity (Wildman–Crippen MR) is 94.3 cm³/mol. The van der Waals surface area contributed by atoms with Crippen LogP contribution >= 0.6 is 0 Å². The number of aliphatic hydroxyl groups excluding tert-OH is 1. The summed E-state index contributed by atoms with van der Waals surface area (Å²) in [7, 11) is 0. The second-order valence-electron chi connectivity index (χ2n) is 8.11. The van der Waals surface area contributed by atoms with Gasteiger partial charge in [0.1, 0.15) is 5.60 Å². The van der Waals surface area contributed by atoms with Crippen LogP contribution < -0.4 is 4.90 Å². The van der Waals surface area contributed by atoms with Crippen LogP contribution in [0.3, 0.4) is 0 Å². The molecule has 134 valence electrons. The van der Waals surface area contributed by atoms with Crippen LogP contribution in [0.15, 0.2) is 12.1 Å². The molecular weight excluding hydrogens is 306 g/mol. The molecule has 0 aromatic heterocycles. The predicted octanol–water partition coefficient (Wildman–Crippen LogP) is 3.18. The molecule has 5 nitrogen and oxygen atoms in total. The summed E-state index contributed by atoms with van der Waals surface area (Å²) in [6.45, 7) is 9.62. The zero-order valence-corrected chi connectivity index (χ0v) is 15.3. The molecule has 1 aromatic rings. The first-order valence-corrected chi connectivity index (χ1v) is 8.48. The Labute approximate surface area is 144 Å². The van der Waals surface area contributed by atoms with Gasteiger partial charge in [0.2, 0.25) is 0 Å². The molecule has 0 spiro atoms. The van der Waals surface area contributed by atoms with E-state index in [0.29, 0.717) is 19.4 Å². The van der Waals surface area contributed by atoms with Crippen molar-refractivity contribution in [2.24, 2.45) is 0 Å². The van der Waals surface area contributed by atoms with Gasteiger partial charge in [0.05, 0.1) is 17.9 Å². The van der Waals surface area contributed by atoms with Crippen molar-refractivity contribution in [3.63, 3.8) is 0 Å². The number of amides is 1. The molecule has 0 radical (unpaired) electrons. The van der Waals surface area contributed by atoms with E-state index in [1.165, 1.54) is 0 Å². The first-order chi connectivity index (χ1) is 11.0. The highest BCUT2D eigenvalue weighted by atomic mass is 16.6. The summed E-state index contributed by atoms with van der Waals surface area (Å²) in [5.41, 5.74) is 2.51. The van der Waals surface area contributed by atoms with Gasteiger partial charge in [-0.3, -0.25) is 4.90 Å². The Bertz CT molecular complexity index is 611. The molecule has 5 heteroatoms. The molecule has 1 aliphatic heterocycles. The van der Waals surface area contributed by atoms with Crippen molar-refractivity contribution in [1.82, 2.24) is 0 Å². The van der Waals surface area contributed by atoms with Crippen LogP contribution in [0.25, 0.3) is 0 Å². The summed E-state index contributed by atoms with van der Waals surface area (Å²) < 4.78 is 5.49. The van der Waals surface area contributed by atoms with Gasteiger partial charge < -0.3 is 14.9 Å². The smallest absolute Gasteiger partial charge is 0.414 e. The number of hydrogen-bond acceptors (Lipinski definition) is 4. The van der Waals surface area contributed by atoms with E-state index < -0.39 is 11.2 Å². The average molecular weight is 335 g/mol. The topological polar surface area (TPSA) is 70.0 Å².